The summed E-state index contributed by atoms with van der Waals surface area (Å²) < 4.78 is 7.19. The third-order valence-electron chi connectivity index (χ3n) is 9.03. The summed E-state index contributed by atoms with van der Waals surface area (Å²) in [4.78, 5) is 43.4. The lowest BCUT2D eigenvalue weighted by molar-refractivity contribution is -0.120. The van der Waals surface area contributed by atoms with Crippen molar-refractivity contribution in [1.82, 2.24) is 4.90 Å². The zero-order valence-corrected chi connectivity index (χ0v) is 30.8. The van der Waals surface area contributed by atoms with Crippen molar-refractivity contribution in [1.29, 1.82) is 0 Å². The molecule has 9 heteroatoms. The number of ether oxygens (including phenoxy) is 1. The van der Waals surface area contributed by atoms with Gasteiger partial charge in [0.25, 0.3) is 5.91 Å². The number of ketones is 2. The maximum absolute atomic E-state index is 14.2. The molecule has 0 bridgehead atoms. The molecule has 1 heterocycles. The predicted molar refractivity (Wildman–Crippen MR) is 192 cm³/mol. The van der Waals surface area contributed by atoms with Gasteiger partial charge in [-0.3, -0.25) is 14.4 Å². The highest BCUT2D eigenvalue weighted by Gasteiger charge is 2.49. The van der Waals surface area contributed by atoms with E-state index in [1.165, 1.54) is 0 Å². The number of halogens is 3. The number of benzene rings is 3. The van der Waals surface area contributed by atoms with E-state index in [9.17, 15) is 14.4 Å². The second-order valence-electron chi connectivity index (χ2n) is 14.3. The fourth-order valence-corrected chi connectivity index (χ4v) is 8.67. The van der Waals surface area contributed by atoms with Gasteiger partial charge in [-0.2, -0.15) is 0 Å². The van der Waals surface area contributed by atoms with Crippen LogP contribution in [0, 0.1) is 10.8 Å². The third kappa shape index (κ3) is 7.15. The van der Waals surface area contributed by atoms with Gasteiger partial charge in [-0.15, -0.1) is 0 Å². The van der Waals surface area contributed by atoms with E-state index in [-0.39, 0.29) is 34.9 Å². The number of carbonyl (C=O) groups is 3. The molecule has 2 aliphatic carbocycles. The monoisotopic (exact) mass is 778 g/mol. The first-order valence-corrected chi connectivity index (χ1v) is 17.7. The molecule has 0 radical (unpaired) electrons. The van der Waals surface area contributed by atoms with Crippen LogP contribution in [0.15, 0.2) is 98.2 Å². The van der Waals surface area contributed by atoms with Crippen LogP contribution in [0.4, 0.5) is 5.69 Å². The van der Waals surface area contributed by atoms with Crippen molar-refractivity contribution in [2.45, 2.75) is 65.8 Å². The van der Waals surface area contributed by atoms with Crippen molar-refractivity contribution in [2.24, 2.45) is 10.8 Å². The summed E-state index contributed by atoms with van der Waals surface area (Å²) in [7, 11) is 0. The van der Waals surface area contributed by atoms with Crippen LogP contribution in [0.25, 0.3) is 0 Å². The van der Waals surface area contributed by atoms with Gasteiger partial charge in [0.05, 0.1) is 8.95 Å². The van der Waals surface area contributed by atoms with Gasteiger partial charge in [-0.1, -0.05) is 69.6 Å². The average Bonchev–Trinajstić information content (AvgIpc) is 2.98. The van der Waals surface area contributed by atoms with Gasteiger partial charge in [0, 0.05) is 58.6 Å². The Morgan fingerprint density at radius 2 is 1.38 bits per heavy atom. The molecule has 0 aromatic heterocycles. The molecule has 0 atom stereocenters. The summed E-state index contributed by atoms with van der Waals surface area (Å²) >= 11 is 13.3. The van der Waals surface area contributed by atoms with E-state index in [2.05, 4.69) is 81.9 Å². The Morgan fingerprint density at radius 3 is 1.91 bits per heavy atom. The Morgan fingerprint density at radius 1 is 0.851 bits per heavy atom. The maximum Gasteiger partial charge on any atom is 0.262 e. The molecule has 0 unspecified atom stereocenters. The minimum absolute atomic E-state index is 0.0786. The topological polar surface area (TPSA) is 75.7 Å². The minimum Gasteiger partial charge on any atom is -0.481 e. The molecule has 0 fully saturated rings. The van der Waals surface area contributed by atoms with E-state index < -0.39 is 5.92 Å². The number of hydrogen-bond acceptors (Lipinski definition) is 5. The molecule has 3 aliphatic rings. The summed E-state index contributed by atoms with van der Waals surface area (Å²) in [6.07, 6.45) is 2.29. The Bertz CT molecular complexity index is 1750. The van der Waals surface area contributed by atoms with Gasteiger partial charge in [-0.05, 0) is 103 Å². The van der Waals surface area contributed by atoms with Crippen molar-refractivity contribution in [3.63, 3.8) is 0 Å². The maximum atomic E-state index is 14.2. The van der Waals surface area contributed by atoms with Crippen LogP contribution in [0.2, 0.25) is 5.02 Å². The lowest BCUT2D eigenvalue weighted by Gasteiger charge is -2.49. The smallest absolute Gasteiger partial charge is 0.262 e. The van der Waals surface area contributed by atoms with Crippen molar-refractivity contribution in [2.75, 3.05) is 11.9 Å². The fourth-order valence-electron chi connectivity index (χ4n) is 7.09. The molecular formula is C38H37Br2ClN2O4. The first kappa shape index (κ1) is 33.7. The van der Waals surface area contributed by atoms with Crippen LogP contribution in [-0.2, 0) is 20.9 Å². The number of amides is 1. The number of Topliss-reactive ketones (excluding diaryl/α,β-unsaturated/α-hetero) is 2. The van der Waals surface area contributed by atoms with E-state index >= 15 is 0 Å². The molecule has 244 valence electrons. The van der Waals surface area contributed by atoms with E-state index in [1.807, 2.05) is 30.3 Å². The molecule has 0 saturated heterocycles. The molecule has 6 nitrogen and oxygen atoms in total. The van der Waals surface area contributed by atoms with Crippen LogP contribution in [0.1, 0.15) is 70.4 Å². The van der Waals surface area contributed by atoms with E-state index in [0.29, 0.717) is 55.9 Å². The van der Waals surface area contributed by atoms with Crippen LogP contribution >= 0.6 is 43.5 Å². The lowest BCUT2D eigenvalue weighted by Crippen LogP contribution is -2.44. The average molecular weight is 781 g/mol. The Balaban J connectivity index is 1.40. The molecular weight excluding hydrogens is 744 g/mol. The predicted octanol–water partition coefficient (Wildman–Crippen LogP) is 9.77. The highest BCUT2D eigenvalue weighted by Crippen LogP contribution is 2.55. The molecule has 1 aliphatic heterocycles. The zero-order valence-electron chi connectivity index (χ0n) is 26.9. The lowest BCUT2D eigenvalue weighted by atomic mass is 9.63. The van der Waals surface area contributed by atoms with Crippen molar-refractivity contribution in [3.05, 3.63) is 114 Å². The van der Waals surface area contributed by atoms with Gasteiger partial charge >= 0.3 is 0 Å². The molecule has 1 amide bonds. The van der Waals surface area contributed by atoms with E-state index in [4.69, 9.17) is 16.3 Å². The van der Waals surface area contributed by atoms with E-state index in [0.717, 1.165) is 35.4 Å². The summed E-state index contributed by atoms with van der Waals surface area (Å²) in [5.74, 6) is -0.215. The van der Waals surface area contributed by atoms with E-state index in [1.54, 1.807) is 24.3 Å². The third-order valence-corrected chi connectivity index (χ3v) is 10.5. The molecule has 0 saturated carbocycles. The highest BCUT2D eigenvalue weighted by molar-refractivity contribution is 9.11. The number of carbonyl (C=O) groups excluding carboxylic acids is 3. The molecule has 1 N–H and O–H groups in total. The second kappa shape index (κ2) is 13.0. The van der Waals surface area contributed by atoms with Gasteiger partial charge in [0.1, 0.15) is 5.75 Å². The number of nitrogens with one attached hydrogen (secondary N) is 1. The molecule has 6 rings (SSSR count). The molecule has 0 spiro atoms. The van der Waals surface area contributed by atoms with Gasteiger partial charge in [0.15, 0.2) is 18.2 Å². The molecule has 47 heavy (non-hydrogen) atoms. The Labute approximate surface area is 297 Å². The SMILES string of the molecule is CC1(C)CC(=O)C2=C(C1)N(Cc1ccccc1)C1=C(C(=O)CC(C)(C)C1)C2c1cc(Br)c(OCC(=O)Nc2ccc(Cl)cc2)c(Br)c1. The van der Waals surface area contributed by atoms with Gasteiger partial charge in [-0.25, -0.2) is 0 Å². The Kier molecular flexibility index (Phi) is 9.33. The summed E-state index contributed by atoms with van der Waals surface area (Å²) in [6.45, 7) is 8.96. The number of allylic oxidation sites excluding steroid dienone is 4. The zero-order chi connectivity index (χ0) is 33.7. The van der Waals surface area contributed by atoms with Gasteiger partial charge < -0.3 is 15.0 Å². The highest BCUT2D eigenvalue weighted by atomic mass is 79.9. The van der Waals surface area contributed by atoms with Crippen molar-refractivity contribution in [3.8, 4) is 5.75 Å². The largest absolute Gasteiger partial charge is 0.481 e. The normalized spacial score (nSPS) is 19.0. The van der Waals surface area contributed by atoms with Crippen molar-refractivity contribution < 1.29 is 19.1 Å². The number of rotatable bonds is 7. The molecule has 3 aromatic rings. The minimum atomic E-state index is -0.505. The van der Waals surface area contributed by atoms with Gasteiger partial charge in [0.2, 0.25) is 0 Å². The Hall–Kier alpha value is -3.20. The van der Waals surface area contributed by atoms with Crippen LogP contribution in [0.5, 0.6) is 5.75 Å². The fraction of sp³-hybridized carbons (Fsp3) is 0.342. The van der Waals surface area contributed by atoms with Crippen LogP contribution < -0.4 is 10.1 Å². The first-order valence-electron chi connectivity index (χ1n) is 15.7. The number of anilines is 1. The standard InChI is InChI=1S/C38H37Br2ClN2O4/c1-37(2)16-28-34(30(44)18-37)33(35-29(17-38(3,4)19-31(35)45)43(28)20-22-8-6-5-7-9-22)23-14-26(39)36(27(40)15-23)47-21-32(46)42-25-12-10-24(41)11-13-25/h5-15,33H,16-21H2,1-4H3,(H,42,46). The van der Waals surface area contributed by atoms with Crippen LogP contribution in [0.3, 0.4) is 0 Å². The number of hydrogen-bond donors (Lipinski definition) is 1. The van der Waals surface area contributed by atoms with Crippen LogP contribution in [-0.4, -0.2) is 29.0 Å². The quantitative estimate of drug-likeness (QED) is 0.259. The van der Waals surface area contributed by atoms with Crippen molar-refractivity contribution >= 4 is 66.6 Å². The summed E-state index contributed by atoms with van der Waals surface area (Å²) in [5, 5.41) is 3.38. The first-order chi connectivity index (χ1) is 22.2. The summed E-state index contributed by atoms with van der Waals surface area (Å²) in [5.41, 5.74) is 5.57. The molecule has 3 aromatic carbocycles. The number of nitrogens with zero attached hydrogens (tertiary/aromatic N) is 1. The summed E-state index contributed by atoms with van der Waals surface area (Å²) in [6, 6.07) is 20.9. The second-order valence-corrected chi connectivity index (χ2v) is 16.4.